The lowest BCUT2D eigenvalue weighted by atomic mass is 9.99. The molecule has 68 heavy (non-hydrogen) atoms. The summed E-state index contributed by atoms with van der Waals surface area (Å²) in [6.45, 7) is 0. The number of hydrogen-bond acceptors (Lipinski definition) is 11. The summed E-state index contributed by atoms with van der Waals surface area (Å²) in [6.07, 6.45) is 7.85. The van der Waals surface area contributed by atoms with Crippen LogP contribution in [0.15, 0.2) is 87.8 Å². The molecule has 2 aliphatic rings. The highest BCUT2D eigenvalue weighted by atomic mass is 79.9. The summed E-state index contributed by atoms with van der Waals surface area (Å²) in [7, 11) is 14.5. The van der Waals surface area contributed by atoms with Crippen LogP contribution in [-0.2, 0) is 0 Å². The molecule has 0 amide bonds. The average molecular weight is 1040 g/mol. The average Bonchev–Trinajstić information content (AvgIpc) is 4.23. The Morgan fingerprint density at radius 1 is 0.324 bits per heavy atom. The second kappa shape index (κ2) is 19.1. The smallest absolute Gasteiger partial charge is 0.134 e. The van der Waals surface area contributed by atoms with E-state index in [4.69, 9.17) is 52.6 Å². The number of nitrogens with zero attached hydrogens (tertiary/aromatic N) is 2. The number of benzene rings is 4. The van der Waals surface area contributed by atoms with Gasteiger partial charge >= 0.3 is 0 Å². The third-order valence-electron chi connectivity index (χ3n) is 11.9. The molecule has 2 N–H and O–H groups in total. The van der Waals surface area contributed by atoms with E-state index in [-0.39, 0.29) is 0 Å². The standard InChI is InChI=1S/C53H46Br2N4O9/c1-60-27-21-40(63-4)51(41(22-27)64-5)48-34-15-13-32(56-34)47(46-30(54)11-10-12-31(46)55)33-14-16-35(57-33)49(52-42(65-6)23-28(61-2)24-43(52)66-7)37-18-20-39(59-37)50(38-19-17-36(48)58-38)53-44(67-8)25-29(62-3)26-45(53)68-9/h10-26,56-57H,1-9H3. The predicted molar refractivity (Wildman–Crippen MR) is 275 cm³/mol. The lowest BCUT2D eigenvalue weighted by molar-refractivity contribution is 0.377. The lowest BCUT2D eigenvalue weighted by Crippen LogP contribution is -1.99. The molecule has 2 aliphatic heterocycles. The highest BCUT2D eigenvalue weighted by Crippen LogP contribution is 2.50. The minimum absolute atomic E-state index is 0.481. The Kier molecular flexibility index (Phi) is 12.9. The Hall–Kier alpha value is -7.36. The molecule has 0 atom stereocenters. The van der Waals surface area contributed by atoms with Crippen molar-refractivity contribution in [3.63, 3.8) is 0 Å². The van der Waals surface area contributed by atoms with Gasteiger partial charge in [0, 0.05) is 95.2 Å². The maximum absolute atomic E-state index is 6.11. The number of hydrogen-bond donors (Lipinski definition) is 2. The molecule has 3 aromatic heterocycles. The molecule has 0 spiro atoms. The van der Waals surface area contributed by atoms with Gasteiger partial charge in [-0.3, -0.25) is 0 Å². The Morgan fingerprint density at radius 3 is 0.897 bits per heavy atom. The van der Waals surface area contributed by atoms with Crippen LogP contribution in [0.3, 0.4) is 0 Å². The zero-order valence-corrected chi connectivity index (χ0v) is 41.8. The molecule has 9 rings (SSSR count). The molecule has 0 aliphatic carbocycles. The molecule has 7 aromatic rings. The fourth-order valence-electron chi connectivity index (χ4n) is 8.75. The van der Waals surface area contributed by atoms with Crippen LogP contribution in [0.5, 0.6) is 51.7 Å². The summed E-state index contributed by atoms with van der Waals surface area (Å²) in [5, 5.41) is 0. The van der Waals surface area contributed by atoms with E-state index in [0.29, 0.717) is 108 Å². The minimum Gasteiger partial charge on any atom is -0.496 e. The quantitative estimate of drug-likeness (QED) is 0.114. The van der Waals surface area contributed by atoms with E-state index in [9.17, 15) is 0 Å². The van der Waals surface area contributed by atoms with Crippen molar-refractivity contribution in [2.75, 3.05) is 64.0 Å². The van der Waals surface area contributed by atoms with Crippen molar-refractivity contribution >= 4 is 78.2 Å². The van der Waals surface area contributed by atoms with Gasteiger partial charge in [-0.15, -0.1) is 0 Å². The summed E-state index contributed by atoms with van der Waals surface area (Å²) in [4.78, 5) is 18.6. The summed E-state index contributed by atoms with van der Waals surface area (Å²) >= 11 is 7.79. The molecule has 0 saturated heterocycles. The van der Waals surface area contributed by atoms with Crippen LogP contribution in [0.2, 0.25) is 0 Å². The van der Waals surface area contributed by atoms with Crippen molar-refractivity contribution in [1.82, 2.24) is 19.9 Å². The van der Waals surface area contributed by atoms with E-state index >= 15 is 0 Å². The first-order valence-electron chi connectivity index (χ1n) is 21.1. The Balaban J connectivity index is 1.56. The molecule has 15 heteroatoms. The van der Waals surface area contributed by atoms with E-state index in [1.807, 2.05) is 91.0 Å². The molecule has 8 bridgehead atoms. The summed E-state index contributed by atoms with van der Waals surface area (Å²) in [5.74, 6) is 4.67. The van der Waals surface area contributed by atoms with Crippen LogP contribution < -0.4 is 42.6 Å². The van der Waals surface area contributed by atoms with Crippen molar-refractivity contribution < 1.29 is 42.6 Å². The summed E-state index contributed by atoms with van der Waals surface area (Å²) < 4.78 is 55.5. The molecule has 346 valence electrons. The van der Waals surface area contributed by atoms with E-state index < -0.39 is 0 Å². The molecule has 0 fully saturated rings. The molecule has 5 heterocycles. The van der Waals surface area contributed by atoms with Crippen LogP contribution in [0.25, 0.3) is 90.9 Å². The summed E-state index contributed by atoms with van der Waals surface area (Å²) in [5.41, 5.74) is 11.1. The Morgan fingerprint density at radius 2 is 0.603 bits per heavy atom. The number of fused-ring (bicyclic) bond motifs is 8. The van der Waals surface area contributed by atoms with Gasteiger partial charge in [0.1, 0.15) is 51.7 Å². The van der Waals surface area contributed by atoms with Crippen molar-refractivity contribution in [3.8, 4) is 96.3 Å². The second-order valence-electron chi connectivity index (χ2n) is 15.3. The van der Waals surface area contributed by atoms with Gasteiger partial charge < -0.3 is 52.6 Å². The highest BCUT2D eigenvalue weighted by molar-refractivity contribution is 9.11. The van der Waals surface area contributed by atoms with E-state index in [1.165, 1.54) is 0 Å². The number of halogens is 2. The zero-order chi connectivity index (χ0) is 47.8. The maximum atomic E-state index is 6.11. The molecular formula is C53H46Br2N4O9. The number of H-pyrrole nitrogens is 2. The molecule has 13 nitrogen and oxygen atoms in total. The van der Waals surface area contributed by atoms with Gasteiger partial charge in [-0.25, -0.2) is 9.97 Å². The van der Waals surface area contributed by atoms with Crippen LogP contribution >= 0.6 is 31.9 Å². The third-order valence-corrected chi connectivity index (χ3v) is 13.2. The first-order valence-corrected chi connectivity index (χ1v) is 22.7. The first kappa shape index (κ1) is 45.8. The van der Waals surface area contributed by atoms with E-state index in [1.54, 1.807) is 64.0 Å². The van der Waals surface area contributed by atoms with Gasteiger partial charge in [0.15, 0.2) is 0 Å². The molecule has 4 aromatic carbocycles. The summed E-state index contributed by atoms with van der Waals surface area (Å²) in [6, 6.07) is 25.1. The number of aromatic nitrogens is 4. The molecular weight excluding hydrogens is 996 g/mol. The van der Waals surface area contributed by atoms with Crippen LogP contribution in [0, 0.1) is 0 Å². The zero-order valence-electron chi connectivity index (χ0n) is 38.6. The van der Waals surface area contributed by atoms with Crippen molar-refractivity contribution in [2.24, 2.45) is 0 Å². The lowest BCUT2D eigenvalue weighted by Gasteiger charge is -2.17. The van der Waals surface area contributed by atoms with Gasteiger partial charge in [0.05, 0.1) is 103 Å². The van der Waals surface area contributed by atoms with Crippen molar-refractivity contribution in [1.29, 1.82) is 0 Å². The predicted octanol–water partition coefficient (Wildman–Crippen LogP) is 12.9. The molecule has 0 radical (unpaired) electrons. The number of aromatic amines is 2. The fraction of sp³-hybridized carbons (Fsp3) is 0.170. The SMILES string of the molecule is COc1cc(OC)c(-c2c3nc(c(-c4c(OC)cc(OC)cc4OC)c4ccc([nH]4)c(-c4c(Br)cccc4Br)c4ccc([nH]4)c(-c4c(OC)cc(OC)cc4OC)c4nc2C=C4)C=C3)c(OC)c1. The van der Waals surface area contributed by atoms with Crippen LogP contribution in [0.4, 0.5) is 0 Å². The number of methoxy groups -OCH3 is 9. The van der Waals surface area contributed by atoms with Gasteiger partial charge in [0.2, 0.25) is 0 Å². The van der Waals surface area contributed by atoms with Gasteiger partial charge in [-0.2, -0.15) is 0 Å². The molecule has 0 unspecified atom stereocenters. The fourth-order valence-corrected chi connectivity index (χ4v) is 10.1. The number of rotatable bonds is 13. The van der Waals surface area contributed by atoms with Crippen LogP contribution in [0.1, 0.15) is 22.8 Å². The van der Waals surface area contributed by atoms with Crippen molar-refractivity contribution in [3.05, 3.63) is 111 Å². The minimum atomic E-state index is 0.481. The molecule has 0 saturated carbocycles. The van der Waals surface area contributed by atoms with Crippen LogP contribution in [-0.4, -0.2) is 83.9 Å². The monoisotopic (exact) mass is 1040 g/mol. The maximum Gasteiger partial charge on any atom is 0.134 e. The normalized spacial score (nSPS) is 11.6. The topological polar surface area (TPSA) is 140 Å². The van der Waals surface area contributed by atoms with Gasteiger partial charge in [-0.05, 0) is 60.7 Å². The Bertz CT molecular complexity index is 3120. The first-order chi connectivity index (χ1) is 33.1. The third kappa shape index (κ3) is 7.94. The second-order valence-corrected chi connectivity index (χ2v) is 17.0. The van der Waals surface area contributed by atoms with E-state index in [2.05, 4.69) is 54.0 Å². The van der Waals surface area contributed by atoms with Gasteiger partial charge in [0.25, 0.3) is 0 Å². The highest BCUT2D eigenvalue weighted by Gasteiger charge is 2.28. The van der Waals surface area contributed by atoms with E-state index in [0.717, 1.165) is 42.1 Å². The number of nitrogens with one attached hydrogen (secondary N) is 2. The van der Waals surface area contributed by atoms with Crippen molar-refractivity contribution in [2.45, 2.75) is 0 Å². The van der Waals surface area contributed by atoms with Gasteiger partial charge in [-0.1, -0.05) is 37.9 Å². The number of ether oxygens (including phenoxy) is 9. The Labute approximate surface area is 409 Å². The largest absolute Gasteiger partial charge is 0.496 e.